The number of methoxy groups -OCH3 is 3. The first-order valence-electron chi connectivity index (χ1n) is 11.2. The maximum absolute atomic E-state index is 13.5. The largest absolute Gasteiger partial charge is 0.507 e. The molecule has 1 saturated heterocycles. The summed E-state index contributed by atoms with van der Waals surface area (Å²) in [5, 5.41) is 11.1. The van der Waals surface area contributed by atoms with Gasteiger partial charge in [-0.2, -0.15) is 0 Å². The molecule has 36 heavy (non-hydrogen) atoms. The smallest absolute Gasteiger partial charge is 0.295 e. The van der Waals surface area contributed by atoms with Crippen LogP contribution in [0.2, 0.25) is 0 Å². The molecule has 0 radical (unpaired) electrons. The normalized spacial score (nSPS) is 16.9. The van der Waals surface area contributed by atoms with Crippen molar-refractivity contribution in [3.63, 3.8) is 0 Å². The number of imidazole rings is 1. The lowest BCUT2D eigenvalue weighted by atomic mass is 9.94. The number of nitrogens with zero attached hydrogens (tertiary/aromatic N) is 3. The van der Waals surface area contributed by atoms with Crippen molar-refractivity contribution in [2.24, 2.45) is 0 Å². The number of aliphatic hydroxyl groups excluding tert-OH is 1. The monoisotopic (exact) mass is 495 g/mol. The minimum Gasteiger partial charge on any atom is -0.507 e. The summed E-state index contributed by atoms with van der Waals surface area (Å²) in [4.78, 5) is 31.8. The van der Waals surface area contributed by atoms with Gasteiger partial charge in [0.1, 0.15) is 11.6 Å². The van der Waals surface area contributed by atoms with Gasteiger partial charge in [0.2, 0.25) is 5.75 Å². The van der Waals surface area contributed by atoms with Crippen molar-refractivity contribution in [1.29, 1.82) is 0 Å². The number of aromatic nitrogens is 2. The van der Waals surface area contributed by atoms with Crippen LogP contribution in [0.1, 0.15) is 23.6 Å². The topological polar surface area (TPSA) is 103 Å². The molecule has 1 fully saturated rings. The van der Waals surface area contributed by atoms with Crippen LogP contribution < -0.4 is 14.2 Å². The summed E-state index contributed by atoms with van der Waals surface area (Å²) >= 11 is 0. The van der Waals surface area contributed by atoms with Crippen molar-refractivity contribution in [3.05, 3.63) is 77.6 Å². The Labute approximate surface area is 207 Å². The second-order valence-corrected chi connectivity index (χ2v) is 8.11. The predicted molar refractivity (Wildman–Crippen MR) is 128 cm³/mol. The van der Waals surface area contributed by atoms with Crippen LogP contribution in [0.4, 0.5) is 4.39 Å². The number of hydrogen-bond acceptors (Lipinski definition) is 7. The van der Waals surface area contributed by atoms with Crippen LogP contribution in [0.5, 0.6) is 17.2 Å². The van der Waals surface area contributed by atoms with Crippen LogP contribution in [0, 0.1) is 5.82 Å². The van der Waals surface area contributed by atoms with Crippen molar-refractivity contribution in [2.75, 3.05) is 27.9 Å². The van der Waals surface area contributed by atoms with E-state index in [1.807, 2.05) is 4.57 Å². The molecule has 0 unspecified atom stereocenters. The molecule has 1 amide bonds. The average molecular weight is 496 g/mol. The number of Topliss-reactive ketones (excluding diaryl/α,β-unsaturated/α-hetero) is 1. The summed E-state index contributed by atoms with van der Waals surface area (Å²) in [7, 11) is 4.39. The summed E-state index contributed by atoms with van der Waals surface area (Å²) in [5.74, 6) is -1.47. The molecule has 4 rings (SSSR count). The van der Waals surface area contributed by atoms with Crippen molar-refractivity contribution in [2.45, 2.75) is 19.0 Å². The summed E-state index contributed by atoms with van der Waals surface area (Å²) in [6.07, 6.45) is 5.66. The Hall–Kier alpha value is -4.34. The number of likely N-dealkylation sites (tertiary alicyclic amines) is 1. The van der Waals surface area contributed by atoms with Gasteiger partial charge >= 0.3 is 0 Å². The number of carbonyl (C=O) groups is 2. The van der Waals surface area contributed by atoms with E-state index >= 15 is 0 Å². The molecule has 2 heterocycles. The number of rotatable bonds is 9. The Morgan fingerprint density at radius 1 is 1.03 bits per heavy atom. The maximum atomic E-state index is 13.5. The molecule has 10 heteroatoms. The molecule has 2 aromatic carbocycles. The fraction of sp³-hybridized carbons (Fsp3) is 0.269. The minimum atomic E-state index is -0.938. The zero-order valence-electron chi connectivity index (χ0n) is 20.1. The fourth-order valence-electron chi connectivity index (χ4n) is 4.32. The average Bonchev–Trinajstić information content (AvgIpc) is 3.50. The number of aryl methyl sites for hydroxylation is 1. The van der Waals surface area contributed by atoms with Gasteiger partial charge in [0.25, 0.3) is 11.7 Å². The molecule has 0 saturated carbocycles. The fourth-order valence-corrected chi connectivity index (χ4v) is 4.32. The lowest BCUT2D eigenvalue weighted by Gasteiger charge is -2.26. The third-order valence-corrected chi connectivity index (χ3v) is 6.03. The van der Waals surface area contributed by atoms with Gasteiger partial charge in [-0.15, -0.1) is 0 Å². The van der Waals surface area contributed by atoms with E-state index in [0.29, 0.717) is 35.8 Å². The zero-order chi connectivity index (χ0) is 25.8. The molecule has 9 nitrogen and oxygen atoms in total. The minimum absolute atomic E-state index is 0.108. The van der Waals surface area contributed by atoms with Crippen molar-refractivity contribution in [3.8, 4) is 17.2 Å². The van der Waals surface area contributed by atoms with E-state index in [1.54, 1.807) is 30.9 Å². The molecule has 1 aliphatic rings. The van der Waals surface area contributed by atoms with E-state index in [-0.39, 0.29) is 17.7 Å². The van der Waals surface area contributed by atoms with Gasteiger partial charge in [-0.05, 0) is 48.4 Å². The van der Waals surface area contributed by atoms with Gasteiger partial charge in [0.05, 0.1) is 39.3 Å². The number of halogens is 1. The Bertz CT molecular complexity index is 1260. The first kappa shape index (κ1) is 24.8. The van der Waals surface area contributed by atoms with Gasteiger partial charge < -0.3 is 28.8 Å². The van der Waals surface area contributed by atoms with Gasteiger partial charge in [-0.1, -0.05) is 0 Å². The molecular weight excluding hydrogens is 469 g/mol. The summed E-state index contributed by atoms with van der Waals surface area (Å²) in [6, 6.07) is 7.38. The van der Waals surface area contributed by atoms with Crippen LogP contribution >= 0.6 is 0 Å². The Kier molecular flexibility index (Phi) is 7.23. The second kappa shape index (κ2) is 10.5. The molecule has 1 aromatic heterocycles. The Balaban J connectivity index is 1.83. The van der Waals surface area contributed by atoms with Gasteiger partial charge in [0.15, 0.2) is 11.5 Å². The number of amides is 1. The summed E-state index contributed by atoms with van der Waals surface area (Å²) in [6.45, 7) is 0.799. The first-order chi connectivity index (χ1) is 17.4. The van der Waals surface area contributed by atoms with E-state index in [1.165, 1.54) is 50.5 Å². The standard InChI is InChI=1S/C26H26FN3O6/c1-34-19-13-17(14-20(35-2)25(19)36-3)22-21(23(31)16-5-7-18(27)8-6-16)24(32)26(33)30(22)11-4-10-29-12-9-28-15-29/h5-9,12-15,22,31H,4,10-11H2,1-3H3/t22-/m0/s1. The van der Waals surface area contributed by atoms with E-state index in [9.17, 15) is 19.1 Å². The quantitative estimate of drug-likeness (QED) is 0.275. The van der Waals surface area contributed by atoms with Crippen molar-refractivity contribution in [1.82, 2.24) is 14.5 Å². The molecule has 1 atom stereocenters. The van der Waals surface area contributed by atoms with Gasteiger partial charge in [0, 0.05) is 31.0 Å². The van der Waals surface area contributed by atoms with Gasteiger partial charge in [-0.3, -0.25) is 9.59 Å². The van der Waals surface area contributed by atoms with Gasteiger partial charge in [-0.25, -0.2) is 9.37 Å². The predicted octanol–water partition coefficient (Wildman–Crippen LogP) is 3.56. The van der Waals surface area contributed by atoms with Crippen LogP contribution in [0.25, 0.3) is 5.76 Å². The number of hydrogen-bond donors (Lipinski definition) is 1. The van der Waals surface area contributed by atoms with E-state index in [0.717, 1.165) is 0 Å². The van der Waals surface area contributed by atoms with E-state index in [2.05, 4.69) is 4.98 Å². The number of ether oxygens (including phenoxy) is 3. The molecular formula is C26H26FN3O6. The third-order valence-electron chi connectivity index (χ3n) is 6.03. The van der Waals surface area contributed by atoms with Crippen LogP contribution in [-0.2, 0) is 16.1 Å². The number of aliphatic hydroxyl groups is 1. The Morgan fingerprint density at radius 2 is 1.69 bits per heavy atom. The third kappa shape index (κ3) is 4.61. The van der Waals surface area contributed by atoms with Crippen LogP contribution in [0.3, 0.4) is 0 Å². The van der Waals surface area contributed by atoms with Crippen molar-refractivity contribution >= 4 is 17.4 Å². The van der Waals surface area contributed by atoms with E-state index in [4.69, 9.17) is 14.2 Å². The Morgan fingerprint density at radius 3 is 2.25 bits per heavy atom. The number of carbonyl (C=O) groups excluding carboxylic acids is 2. The molecule has 0 spiro atoms. The summed E-state index contributed by atoms with van der Waals surface area (Å²) < 4.78 is 31.7. The van der Waals surface area contributed by atoms with Crippen LogP contribution in [-0.4, -0.2) is 59.1 Å². The molecule has 1 N–H and O–H groups in total. The molecule has 0 aliphatic carbocycles. The highest BCUT2D eigenvalue weighted by atomic mass is 19.1. The molecule has 0 bridgehead atoms. The highest BCUT2D eigenvalue weighted by molar-refractivity contribution is 6.46. The second-order valence-electron chi connectivity index (χ2n) is 8.11. The lowest BCUT2D eigenvalue weighted by Crippen LogP contribution is -2.31. The summed E-state index contributed by atoms with van der Waals surface area (Å²) in [5.41, 5.74) is 0.587. The highest BCUT2D eigenvalue weighted by Gasteiger charge is 2.46. The van der Waals surface area contributed by atoms with Crippen LogP contribution in [0.15, 0.2) is 60.7 Å². The first-order valence-corrected chi connectivity index (χ1v) is 11.2. The van der Waals surface area contributed by atoms with E-state index < -0.39 is 29.3 Å². The SMILES string of the molecule is COc1cc([C@H]2C(=C(O)c3ccc(F)cc3)C(=O)C(=O)N2CCCn2ccnc2)cc(OC)c1OC. The maximum Gasteiger partial charge on any atom is 0.295 e. The lowest BCUT2D eigenvalue weighted by molar-refractivity contribution is -0.139. The highest BCUT2D eigenvalue weighted by Crippen LogP contribution is 2.45. The van der Waals surface area contributed by atoms with Crippen molar-refractivity contribution < 1.29 is 33.3 Å². The molecule has 188 valence electrons. The molecule has 1 aliphatic heterocycles. The molecule has 3 aromatic rings. The number of ketones is 1. The zero-order valence-corrected chi connectivity index (χ0v) is 20.1. The number of benzene rings is 2.